The van der Waals surface area contributed by atoms with Gasteiger partial charge in [-0.3, -0.25) is 0 Å². The first kappa shape index (κ1) is 7.39. The van der Waals surface area contributed by atoms with Gasteiger partial charge in [0.1, 0.15) is 0 Å². The number of rotatable bonds is 0. The van der Waals surface area contributed by atoms with Gasteiger partial charge in [0.25, 0.3) is 0 Å². The first-order valence-electron chi connectivity index (χ1n) is 2.94. The summed E-state index contributed by atoms with van der Waals surface area (Å²) in [6, 6.07) is -0.340. The molecule has 1 saturated heterocycles. The molecular formula is C5H12FN2P. The van der Waals surface area contributed by atoms with Crippen LogP contribution in [0.2, 0.25) is 0 Å². The smallest absolute Gasteiger partial charge is 0.152 e. The van der Waals surface area contributed by atoms with Crippen molar-refractivity contribution in [2.24, 2.45) is 5.73 Å². The number of likely N-dealkylation sites (N-methyl/N-ethyl adjacent to an activating group) is 1. The van der Waals surface area contributed by atoms with Crippen molar-refractivity contribution in [3.63, 3.8) is 0 Å². The van der Waals surface area contributed by atoms with Gasteiger partial charge in [0.2, 0.25) is 0 Å². The van der Waals surface area contributed by atoms with Gasteiger partial charge in [0, 0.05) is 13.1 Å². The van der Waals surface area contributed by atoms with E-state index < -0.39 is 5.41 Å². The lowest BCUT2D eigenvalue weighted by molar-refractivity contribution is 0.268. The van der Waals surface area contributed by atoms with Gasteiger partial charge in [-0.1, -0.05) is 9.24 Å². The second-order valence-corrected chi connectivity index (χ2v) is 3.69. The second-order valence-electron chi connectivity index (χ2n) is 2.73. The molecule has 1 fully saturated rings. The van der Waals surface area contributed by atoms with E-state index in [4.69, 9.17) is 5.73 Å². The van der Waals surface area contributed by atoms with Gasteiger partial charge < -0.3 is 10.6 Å². The fourth-order valence-corrected chi connectivity index (χ4v) is 1.50. The van der Waals surface area contributed by atoms with E-state index in [1.54, 1.807) is 0 Å². The van der Waals surface area contributed by atoms with Crippen molar-refractivity contribution in [3.8, 4) is 0 Å². The van der Waals surface area contributed by atoms with Crippen LogP contribution in [0.15, 0.2) is 0 Å². The highest BCUT2D eigenvalue weighted by Crippen LogP contribution is 2.29. The molecule has 4 heteroatoms. The molecule has 54 valence electrons. The minimum absolute atomic E-state index is 0.340. The second kappa shape index (κ2) is 2.15. The molecule has 0 aliphatic carbocycles. The molecule has 3 unspecified atom stereocenters. The Morgan fingerprint density at radius 3 is 2.56 bits per heavy atom. The van der Waals surface area contributed by atoms with E-state index in [2.05, 4.69) is 9.24 Å². The molecule has 1 rings (SSSR count). The van der Waals surface area contributed by atoms with Crippen LogP contribution < -0.4 is 5.73 Å². The fraction of sp³-hybridized carbons (Fsp3) is 1.00. The maximum absolute atomic E-state index is 13.1. The Morgan fingerprint density at radius 1 is 1.89 bits per heavy atom. The van der Waals surface area contributed by atoms with Gasteiger partial charge in [-0.25, -0.2) is 4.39 Å². The van der Waals surface area contributed by atoms with E-state index >= 15 is 0 Å². The maximum atomic E-state index is 13.1. The van der Waals surface area contributed by atoms with E-state index in [0.717, 1.165) is 0 Å². The SMILES string of the molecule is CN1CC(N)C(F)(P)C1. The molecule has 0 bridgehead atoms. The molecule has 1 aliphatic rings. The Kier molecular flexibility index (Phi) is 1.77. The summed E-state index contributed by atoms with van der Waals surface area (Å²) in [6.45, 7) is 1.08. The van der Waals surface area contributed by atoms with Crippen LogP contribution in [-0.2, 0) is 0 Å². The lowest BCUT2D eigenvalue weighted by Crippen LogP contribution is -2.37. The molecule has 0 aromatic carbocycles. The minimum Gasteiger partial charge on any atom is -0.324 e. The van der Waals surface area contributed by atoms with Gasteiger partial charge in [-0.05, 0) is 7.05 Å². The third-order valence-corrected chi connectivity index (χ3v) is 2.25. The molecule has 1 aliphatic heterocycles. The molecule has 2 N–H and O–H groups in total. The summed E-state index contributed by atoms with van der Waals surface area (Å²) in [7, 11) is 4.03. The van der Waals surface area contributed by atoms with Crippen LogP contribution in [0.4, 0.5) is 4.39 Å². The predicted molar refractivity (Wildman–Crippen MR) is 39.0 cm³/mol. The Labute approximate surface area is 56.8 Å². The molecule has 0 aromatic rings. The zero-order chi connectivity index (χ0) is 7.07. The van der Waals surface area contributed by atoms with Crippen molar-refractivity contribution in [2.75, 3.05) is 20.1 Å². The van der Waals surface area contributed by atoms with Crippen molar-refractivity contribution < 1.29 is 4.39 Å². The summed E-state index contributed by atoms with van der Waals surface area (Å²) in [5.74, 6) is 0. The van der Waals surface area contributed by atoms with Gasteiger partial charge in [-0.15, -0.1) is 0 Å². The van der Waals surface area contributed by atoms with Gasteiger partial charge in [0.05, 0.1) is 6.04 Å². The largest absolute Gasteiger partial charge is 0.324 e. The van der Waals surface area contributed by atoms with E-state index in [-0.39, 0.29) is 6.04 Å². The lowest BCUT2D eigenvalue weighted by Gasteiger charge is -2.16. The average Bonchev–Trinajstić information content (AvgIpc) is 1.79. The third-order valence-electron chi connectivity index (χ3n) is 1.64. The molecule has 0 saturated carbocycles. The molecular weight excluding hydrogens is 138 g/mol. The zero-order valence-corrected chi connectivity index (χ0v) is 6.63. The van der Waals surface area contributed by atoms with Crippen LogP contribution in [0.1, 0.15) is 0 Å². The van der Waals surface area contributed by atoms with E-state index in [1.807, 2.05) is 11.9 Å². The Balaban J connectivity index is 2.58. The van der Waals surface area contributed by atoms with Gasteiger partial charge in [0.15, 0.2) is 5.41 Å². The normalized spacial score (nSPS) is 46.0. The average molecular weight is 150 g/mol. The maximum Gasteiger partial charge on any atom is 0.152 e. The van der Waals surface area contributed by atoms with Crippen LogP contribution in [0.5, 0.6) is 0 Å². The topological polar surface area (TPSA) is 29.3 Å². The number of alkyl halides is 1. The summed E-state index contributed by atoms with van der Waals surface area (Å²) in [5.41, 5.74) is 5.47. The van der Waals surface area contributed by atoms with Crippen LogP contribution >= 0.6 is 9.24 Å². The first-order chi connectivity index (χ1) is 4.02. The highest BCUT2D eigenvalue weighted by Gasteiger charge is 2.39. The van der Waals surface area contributed by atoms with Crippen LogP contribution in [0, 0.1) is 0 Å². The molecule has 0 radical (unpaired) electrons. The standard InChI is InChI=1S/C5H12FN2P/c1-8-2-4(7)5(6,9)3-8/h4H,2-3,7,9H2,1H3. The zero-order valence-electron chi connectivity index (χ0n) is 5.47. The summed E-state index contributed by atoms with van der Waals surface area (Å²) < 4.78 is 13.1. The highest BCUT2D eigenvalue weighted by atomic mass is 31.0. The van der Waals surface area contributed by atoms with Crippen molar-refractivity contribution in [2.45, 2.75) is 11.5 Å². The number of nitrogens with zero attached hydrogens (tertiary/aromatic N) is 1. The Bertz CT molecular complexity index is 118. The molecule has 1 heterocycles. The van der Waals surface area contributed by atoms with Crippen molar-refractivity contribution in [3.05, 3.63) is 0 Å². The number of hydrogen-bond donors (Lipinski definition) is 1. The Hall–Kier alpha value is 0.280. The quantitative estimate of drug-likeness (QED) is 0.484. The number of likely N-dealkylation sites (tertiary alicyclic amines) is 1. The van der Waals surface area contributed by atoms with Gasteiger partial charge in [-0.2, -0.15) is 0 Å². The number of halogens is 1. The molecule has 0 amide bonds. The molecule has 2 nitrogen and oxygen atoms in total. The van der Waals surface area contributed by atoms with E-state index in [0.29, 0.717) is 13.1 Å². The monoisotopic (exact) mass is 150 g/mol. The number of hydrogen-bond acceptors (Lipinski definition) is 2. The van der Waals surface area contributed by atoms with E-state index in [9.17, 15) is 4.39 Å². The summed E-state index contributed by atoms with van der Waals surface area (Å²) >= 11 is 0. The molecule has 0 aromatic heterocycles. The molecule has 3 atom stereocenters. The Morgan fingerprint density at radius 2 is 2.44 bits per heavy atom. The first-order valence-corrected chi connectivity index (χ1v) is 3.52. The van der Waals surface area contributed by atoms with Crippen molar-refractivity contribution in [1.29, 1.82) is 0 Å². The predicted octanol–water partition coefficient (Wildman–Crippen LogP) is -0.200. The van der Waals surface area contributed by atoms with E-state index in [1.165, 1.54) is 0 Å². The summed E-state index contributed by atoms with van der Waals surface area (Å²) in [5, 5.41) is -1.26. The molecule has 9 heavy (non-hydrogen) atoms. The summed E-state index contributed by atoms with van der Waals surface area (Å²) in [4.78, 5) is 1.89. The number of nitrogens with two attached hydrogens (primary N) is 1. The lowest BCUT2D eigenvalue weighted by atomic mass is 10.2. The van der Waals surface area contributed by atoms with Crippen LogP contribution in [-0.4, -0.2) is 36.5 Å². The van der Waals surface area contributed by atoms with Crippen LogP contribution in [0.25, 0.3) is 0 Å². The summed E-state index contributed by atoms with van der Waals surface area (Å²) in [6.07, 6.45) is 0. The minimum atomic E-state index is -1.26. The third kappa shape index (κ3) is 1.40. The highest BCUT2D eigenvalue weighted by molar-refractivity contribution is 7.18. The van der Waals surface area contributed by atoms with Crippen molar-refractivity contribution in [1.82, 2.24) is 4.90 Å². The molecule has 0 spiro atoms. The fourth-order valence-electron chi connectivity index (χ4n) is 1.08. The van der Waals surface area contributed by atoms with Crippen molar-refractivity contribution >= 4 is 9.24 Å². The van der Waals surface area contributed by atoms with Gasteiger partial charge >= 0.3 is 0 Å². The van der Waals surface area contributed by atoms with Crippen LogP contribution in [0.3, 0.4) is 0 Å².